The first kappa shape index (κ1) is 14.6. The van der Waals surface area contributed by atoms with Crippen molar-refractivity contribution in [3.8, 4) is 5.75 Å². The summed E-state index contributed by atoms with van der Waals surface area (Å²) in [5.74, 6) is -1.48. The number of halogens is 1. The highest BCUT2D eigenvalue weighted by atomic mass is 19.1. The molecule has 3 rings (SSSR count). The maximum atomic E-state index is 13.2. The van der Waals surface area contributed by atoms with Crippen molar-refractivity contribution in [3.05, 3.63) is 54.1 Å². The van der Waals surface area contributed by atoms with E-state index in [9.17, 15) is 14.3 Å². The Morgan fingerprint density at radius 2 is 2.09 bits per heavy atom. The molecule has 2 N–H and O–H groups in total. The number of aromatic hydroxyl groups is 1. The first-order valence-electron chi connectivity index (χ1n) is 6.62. The first-order valence-corrected chi connectivity index (χ1v) is 6.62. The van der Waals surface area contributed by atoms with E-state index in [-0.39, 0.29) is 35.0 Å². The molecule has 8 heteroatoms. The summed E-state index contributed by atoms with van der Waals surface area (Å²) in [5, 5.41) is 26.7. The van der Waals surface area contributed by atoms with Crippen LogP contribution < -0.4 is 0 Å². The van der Waals surface area contributed by atoms with Crippen LogP contribution in [0.1, 0.15) is 5.69 Å². The van der Waals surface area contributed by atoms with Crippen LogP contribution in [0.2, 0.25) is 0 Å². The highest BCUT2D eigenvalue weighted by Crippen LogP contribution is 2.28. The van der Waals surface area contributed by atoms with Gasteiger partial charge >= 0.3 is 5.97 Å². The summed E-state index contributed by atoms with van der Waals surface area (Å²) in [6.07, 6.45) is 1.20. The second kappa shape index (κ2) is 5.84. The van der Waals surface area contributed by atoms with Crippen LogP contribution in [0.5, 0.6) is 5.75 Å². The fourth-order valence-corrected chi connectivity index (χ4v) is 2.10. The summed E-state index contributed by atoms with van der Waals surface area (Å²) in [4.78, 5) is 15.1. The zero-order chi connectivity index (χ0) is 16.4. The monoisotopic (exact) mass is 314 g/mol. The van der Waals surface area contributed by atoms with Gasteiger partial charge in [-0.1, -0.05) is 6.07 Å². The Hall–Kier alpha value is -3.29. The molecule has 0 bridgehead atoms. The lowest BCUT2D eigenvalue weighted by molar-refractivity contribution is -0.136. The molecule has 0 saturated carbocycles. The quantitative estimate of drug-likeness (QED) is 0.722. The van der Waals surface area contributed by atoms with Crippen LogP contribution >= 0.6 is 0 Å². The Kier molecular flexibility index (Phi) is 3.71. The topological polar surface area (TPSA) is 99.5 Å². The molecule has 2 heterocycles. The van der Waals surface area contributed by atoms with Gasteiger partial charge in [0.2, 0.25) is 0 Å². The van der Waals surface area contributed by atoms with Gasteiger partial charge in [0.05, 0.1) is 17.8 Å². The second-order valence-corrected chi connectivity index (χ2v) is 4.72. The predicted octanol–water partition coefficient (Wildman–Crippen LogP) is 3.22. The Morgan fingerprint density at radius 3 is 2.83 bits per heavy atom. The van der Waals surface area contributed by atoms with Gasteiger partial charge in [0, 0.05) is 12.3 Å². The number of carbonyl (C=O) groups is 1. The molecule has 0 aliphatic heterocycles. The van der Waals surface area contributed by atoms with Crippen molar-refractivity contribution in [2.24, 2.45) is 10.2 Å². The normalized spacial score (nSPS) is 11.3. The lowest BCUT2D eigenvalue weighted by Crippen LogP contribution is -2.00. The van der Waals surface area contributed by atoms with E-state index >= 15 is 0 Å². The Labute approximate surface area is 129 Å². The molecule has 0 amide bonds. The molecule has 23 heavy (non-hydrogen) atoms. The van der Waals surface area contributed by atoms with E-state index < -0.39 is 11.8 Å². The molecule has 0 aliphatic carbocycles. The van der Waals surface area contributed by atoms with Crippen molar-refractivity contribution in [3.63, 3.8) is 0 Å². The van der Waals surface area contributed by atoms with E-state index in [1.165, 1.54) is 28.7 Å². The average molecular weight is 314 g/mol. The third-order valence-corrected chi connectivity index (χ3v) is 3.06. The molecule has 3 aromatic rings. The first-order chi connectivity index (χ1) is 11.0. The highest BCUT2D eigenvalue weighted by molar-refractivity contribution is 5.73. The van der Waals surface area contributed by atoms with Crippen molar-refractivity contribution < 1.29 is 19.4 Å². The maximum Gasteiger partial charge on any atom is 0.309 e. The maximum absolute atomic E-state index is 13.2. The van der Waals surface area contributed by atoms with E-state index in [0.29, 0.717) is 0 Å². The number of fused-ring (bicyclic) bond motifs is 1. The SMILES string of the molecule is O=C(O)Cc1nc2c(O)cccn2c1N=Nc1cccc(F)c1. The second-order valence-electron chi connectivity index (χ2n) is 4.72. The van der Waals surface area contributed by atoms with E-state index in [0.717, 1.165) is 0 Å². The number of hydrogen-bond donors (Lipinski definition) is 2. The van der Waals surface area contributed by atoms with Gasteiger partial charge in [-0.2, -0.15) is 0 Å². The number of hydrogen-bond acceptors (Lipinski definition) is 5. The molecule has 0 spiro atoms. The Morgan fingerprint density at radius 1 is 1.26 bits per heavy atom. The molecular weight excluding hydrogens is 303 g/mol. The molecule has 0 unspecified atom stereocenters. The number of pyridine rings is 1. The van der Waals surface area contributed by atoms with Gasteiger partial charge in [-0.25, -0.2) is 9.37 Å². The van der Waals surface area contributed by atoms with Crippen LogP contribution in [0, 0.1) is 5.82 Å². The zero-order valence-corrected chi connectivity index (χ0v) is 11.7. The smallest absolute Gasteiger partial charge is 0.309 e. The predicted molar refractivity (Wildman–Crippen MR) is 78.8 cm³/mol. The summed E-state index contributed by atoms with van der Waals surface area (Å²) in [7, 11) is 0. The lowest BCUT2D eigenvalue weighted by atomic mass is 10.3. The summed E-state index contributed by atoms with van der Waals surface area (Å²) >= 11 is 0. The number of azo groups is 1. The van der Waals surface area contributed by atoms with E-state index in [1.807, 2.05) is 0 Å². The summed E-state index contributed by atoms with van der Waals surface area (Å²) in [6.45, 7) is 0. The molecule has 0 radical (unpaired) electrons. The molecule has 0 saturated heterocycles. The minimum Gasteiger partial charge on any atom is -0.504 e. The minimum absolute atomic E-state index is 0.105. The van der Waals surface area contributed by atoms with Crippen LogP contribution in [0.25, 0.3) is 5.65 Å². The number of nitrogens with zero attached hydrogens (tertiary/aromatic N) is 4. The molecule has 7 nitrogen and oxygen atoms in total. The standard InChI is InChI=1S/C15H11FN4O3/c16-9-3-1-4-10(7-9)18-19-14-11(8-13(22)23)17-15-12(21)5-2-6-20(14)15/h1-7,21H,8H2,(H,22,23). The summed E-state index contributed by atoms with van der Waals surface area (Å²) in [6, 6.07) is 8.52. The van der Waals surface area contributed by atoms with Gasteiger partial charge in [0.25, 0.3) is 0 Å². The fraction of sp³-hybridized carbons (Fsp3) is 0.0667. The van der Waals surface area contributed by atoms with E-state index in [4.69, 9.17) is 5.11 Å². The number of benzene rings is 1. The van der Waals surface area contributed by atoms with Crippen LogP contribution in [-0.4, -0.2) is 25.6 Å². The molecule has 0 fully saturated rings. The van der Waals surface area contributed by atoms with Crippen molar-refractivity contribution in [2.45, 2.75) is 6.42 Å². The zero-order valence-electron chi connectivity index (χ0n) is 11.7. The Bertz CT molecular complexity index is 920. The largest absolute Gasteiger partial charge is 0.504 e. The molecule has 116 valence electrons. The van der Waals surface area contributed by atoms with Crippen molar-refractivity contribution in [2.75, 3.05) is 0 Å². The van der Waals surface area contributed by atoms with Crippen LogP contribution in [-0.2, 0) is 11.2 Å². The van der Waals surface area contributed by atoms with Crippen LogP contribution in [0.15, 0.2) is 52.8 Å². The number of carboxylic acids is 1. The summed E-state index contributed by atoms with van der Waals surface area (Å²) < 4.78 is 14.6. The third-order valence-electron chi connectivity index (χ3n) is 3.06. The van der Waals surface area contributed by atoms with Gasteiger partial charge in [-0.05, 0) is 24.3 Å². The summed E-state index contributed by atoms with van der Waals surface area (Å²) in [5.41, 5.74) is 0.609. The van der Waals surface area contributed by atoms with Crippen molar-refractivity contribution in [1.82, 2.24) is 9.38 Å². The van der Waals surface area contributed by atoms with Gasteiger partial charge in [0.15, 0.2) is 17.2 Å². The third kappa shape index (κ3) is 3.00. The van der Waals surface area contributed by atoms with E-state index in [2.05, 4.69) is 15.2 Å². The highest BCUT2D eigenvalue weighted by Gasteiger charge is 2.16. The number of carboxylic acid groups (broad SMARTS) is 1. The number of imidazole rings is 1. The minimum atomic E-state index is -1.09. The van der Waals surface area contributed by atoms with Crippen LogP contribution in [0.4, 0.5) is 15.9 Å². The molecule has 0 aliphatic rings. The van der Waals surface area contributed by atoms with Gasteiger partial charge in [-0.15, -0.1) is 10.2 Å². The number of rotatable bonds is 4. The molecule has 0 atom stereocenters. The fourth-order valence-electron chi connectivity index (χ4n) is 2.10. The van der Waals surface area contributed by atoms with Crippen molar-refractivity contribution >= 4 is 23.1 Å². The van der Waals surface area contributed by atoms with Crippen molar-refractivity contribution in [1.29, 1.82) is 0 Å². The Balaban J connectivity index is 2.10. The number of aromatic nitrogens is 2. The average Bonchev–Trinajstić information content (AvgIpc) is 2.83. The van der Waals surface area contributed by atoms with Gasteiger partial charge in [0.1, 0.15) is 5.82 Å². The van der Waals surface area contributed by atoms with Gasteiger partial charge in [-0.3, -0.25) is 9.20 Å². The van der Waals surface area contributed by atoms with Crippen LogP contribution in [0.3, 0.4) is 0 Å². The molecule has 1 aromatic carbocycles. The number of aliphatic carboxylic acids is 1. The lowest BCUT2D eigenvalue weighted by Gasteiger charge is -1.98. The molecule has 2 aromatic heterocycles. The van der Waals surface area contributed by atoms with Gasteiger partial charge < -0.3 is 10.2 Å². The molecular formula is C15H11FN4O3. The van der Waals surface area contributed by atoms with E-state index in [1.54, 1.807) is 18.3 Å².